The second kappa shape index (κ2) is 5.32. The summed E-state index contributed by atoms with van der Waals surface area (Å²) in [5.41, 5.74) is -0.0676. The highest BCUT2D eigenvalue weighted by Crippen LogP contribution is 2.34. The molecule has 0 bridgehead atoms. The Kier molecular flexibility index (Phi) is 4.32. The van der Waals surface area contributed by atoms with Gasteiger partial charge in [0.05, 0.1) is 16.5 Å². The van der Waals surface area contributed by atoms with Crippen LogP contribution in [0.3, 0.4) is 0 Å². The molecule has 88 valence electrons. The zero-order valence-corrected chi connectivity index (χ0v) is 9.23. The van der Waals surface area contributed by atoms with Gasteiger partial charge in [0.25, 0.3) is 0 Å². The van der Waals surface area contributed by atoms with E-state index in [2.05, 4.69) is 4.74 Å². The normalized spacial score (nSPS) is 10.6. The molecule has 0 aromatic heterocycles. The number of rotatable bonds is 4. The summed E-state index contributed by atoms with van der Waals surface area (Å²) in [5.74, 6) is -1.50. The quantitative estimate of drug-likeness (QED) is 0.914. The molecule has 0 amide bonds. The maximum atomic E-state index is 12.0. The average molecular weight is 271 g/mol. The maximum Gasteiger partial charge on any atom is 0.387 e. The van der Waals surface area contributed by atoms with Gasteiger partial charge in [0.2, 0.25) is 0 Å². The fourth-order valence-corrected chi connectivity index (χ4v) is 1.50. The molecule has 0 aliphatic heterocycles. The van der Waals surface area contributed by atoms with E-state index in [4.69, 9.17) is 28.3 Å². The van der Waals surface area contributed by atoms with E-state index in [1.165, 1.54) is 6.07 Å². The first-order valence-corrected chi connectivity index (χ1v) is 4.81. The molecule has 1 rings (SSSR count). The predicted molar refractivity (Wildman–Crippen MR) is 54.4 cm³/mol. The van der Waals surface area contributed by atoms with E-state index in [9.17, 15) is 13.6 Å². The van der Waals surface area contributed by atoms with E-state index in [-0.39, 0.29) is 21.4 Å². The highest BCUT2D eigenvalue weighted by Gasteiger charge is 2.17. The van der Waals surface area contributed by atoms with Crippen LogP contribution in [0.5, 0.6) is 5.75 Å². The van der Waals surface area contributed by atoms with Gasteiger partial charge >= 0.3 is 12.6 Å². The molecule has 0 radical (unpaired) electrons. The van der Waals surface area contributed by atoms with Crippen LogP contribution in [0.4, 0.5) is 8.78 Å². The molecule has 16 heavy (non-hydrogen) atoms. The fourth-order valence-electron chi connectivity index (χ4n) is 1.10. The number of ether oxygens (including phenoxy) is 1. The summed E-state index contributed by atoms with van der Waals surface area (Å²) < 4.78 is 28.2. The molecule has 0 atom stereocenters. The molecule has 0 spiro atoms. The molecule has 0 fully saturated rings. The van der Waals surface area contributed by atoms with Gasteiger partial charge in [0.15, 0.2) is 0 Å². The van der Waals surface area contributed by atoms with Gasteiger partial charge in [-0.25, -0.2) is 0 Å². The number of alkyl halides is 2. The van der Waals surface area contributed by atoms with Gasteiger partial charge in [-0.3, -0.25) is 4.79 Å². The molecule has 7 heteroatoms. The van der Waals surface area contributed by atoms with Crippen molar-refractivity contribution in [3.8, 4) is 5.75 Å². The second-order valence-electron chi connectivity index (χ2n) is 2.79. The minimum atomic E-state index is -3.05. The van der Waals surface area contributed by atoms with Crippen molar-refractivity contribution >= 4 is 29.2 Å². The zero-order valence-electron chi connectivity index (χ0n) is 7.71. The molecule has 1 aromatic rings. The highest BCUT2D eigenvalue weighted by molar-refractivity contribution is 6.42. The van der Waals surface area contributed by atoms with E-state index in [0.29, 0.717) is 0 Å². The lowest BCUT2D eigenvalue weighted by atomic mass is 10.1. The lowest BCUT2D eigenvalue weighted by Crippen LogP contribution is -2.08. The van der Waals surface area contributed by atoms with E-state index < -0.39 is 19.0 Å². The van der Waals surface area contributed by atoms with Crippen LogP contribution in [0.15, 0.2) is 12.1 Å². The van der Waals surface area contributed by atoms with Crippen LogP contribution in [0.25, 0.3) is 0 Å². The van der Waals surface area contributed by atoms with Crippen LogP contribution in [-0.2, 0) is 11.2 Å². The fraction of sp³-hybridized carbons (Fsp3) is 0.222. The molecule has 1 N–H and O–H groups in total. The van der Waals surface area contributed by atoms with Gasteiger partial charge in [0, 0.05) is 5.56 Å². The Morgan fingerprint density at radius 2 is 2.06 bits per heavy atom. The molecule has 1 aromatic carbocycles. The van der Waals surface area contributed by atoms with Crippen LogP contribution in [0, 0.1) is 0 Å². The SMILES string of the molecule is O=C(O)Cc1c(OC(F)F)ccc(Cl)c1Cl. The summed E-state index contributed by atoms with van der Waals surface area (Å²) in [6.07, 6.45) is -0.540. The molecular formula is C9H6Cl2F2O3. The average Bonchev–Trinajstić information content (AvgIpc) is 2.16. The number of halogens is 4. The third-order valence-corrected chi connectivity index (χ3v) is 2.54. The Labute approximate surface area is 99.5 Å². The van der Waals surface area contributed by atoms with Crippen molar-refractivity contribution in [2.45, 2.75) is 13.0 Å². The lowest BCUT2D eigenvalue weighted by molar-refractivity contribution is -0.136. The number of benzene rings is 1. The van der Waals surface area contributed by atoms with E-state index in [1.54, 1.807) is 0 Å². The van der Waals surface area contributed by atoms with Crippen molar-refractivity contribution in [1.82, 2.24) is 0 Å². The number of carboxylic acid groups (broad SMARTS) is 1. The van der Waals surface area contributed by atoms with Crippen molar-refractivity contribution < 1.29 is 23.4 Å². The largest absolute Gasteiger partial charge is 0.481 e. The van der Waals surface area contributed by atoms with Crippen molar-refractivity contribution in [2.75, 3.05) is 0 Å². The summed E-state index contributed by atoms with van der Waals surface area (Å²) in [7, 11) is 0. The first-order chi connectivity index (χ1) is 7.41. The molecule has 0 unspecified atom stereocenters. The molecule has 0 saturated carbocycles. The van der Waals surface area contributed by atoms with Gasteiger partial charge in [-0.2, -0.15) is 8.78 Å². The Hall–Kier alpha value is -1.07. The summed E-state index contributed by atoms with van der Waals surface area (Å²) >= 11 is 11.3. The van der Waals surface area contributed by atoms with Crippen LogP contribution in [0.2, 0.25) is 10.0 Å². The van der Waals surface area contributed by atoms with Crippen LogP contribution >= 0.6 is 23.2 Å². The Balaban J connectivity index is 3.15. The van der Waals surface area contributed by atoms with Crippen LogP contribution in [-0.4, -0.2) is 17.7 Å². The summed E-state index contributed by atoms with van der Waals surface area (Å²) in [5, 5.41) is 8.58. The van der Waals surface area contributed by atoms with Gasteiger partial charge < -0.3 is 9.84 Å². The number of aliphatic carboxylic acids is 1. The monoisotopic (exact) mass is 270 g/mol. The van der Waals surface area contributed by atoms with Crippen molar-refractivity contribution in [3.05, 3.63) is 27.7 Å². The smallest absolute Gasteiger partial charge is 0.387 e. The number of carboxylic acids is 1. The van der Waals surface area contributed by atoms with Crippen molar-refractivity contribution in [3.63, 3.8) is 0 Å². The Bertz CT molecular complexity index is 410. The first-order valence-electron chi connectivity index (χ1n) is 4.05. The molecule has 0 aliphatic rings. The van der Waals surface area contributed by atoms with Crippen LogP contribution < -0.4 is 4.74 Å². The van der Waals surface area contributed by atoms with Gasteiger partial charge in [0.1, 0.15) is 5.75 Å². The minimum absolute atomic E-state index is 0.0676. The maximum absolute atomic E-state index is 12.0. The second-order valence-corrected chi connectivity index (χ2v) is 3.57. The van der Waals surface area contributed by atoms with E-state index in [1.807, 2.05) is 0 Å². The summed E-state index contributed by atoms with van der Waals surface area (Å²) in [4.78, 5) is 10.5. The van der Waals surface area contributed by atoms with E-state index >= 15 is 0 Å². The molecule has 0 saturated heterocycles. The number of hydrogen-bond donors (Lipinski definition) is 1. The van der Waals surface area contributed by atoms with Crippen molar-refractivity contribution in [1.29, 1.82) is 0 Å². The standard InChI is InChI=1S/C9H6Cl2F2O3/c10-5-1-2-6(16-9(12)13)4(8(5)11)3-7(14)15/h1-2,9H,3H2,(H,14,15). The number of hydrogen-bond acceptors (Lipinski definition) is 2. The van der Waals surface area contributed by atoms with Crippen molar-refractivity contribution in [2.24, 2.45) is 0 Å². The predicted octanol–water partition coefficient (Wildman–Crippen LogP) is 3.22. The molecule has 3 nitrogen and oxygen atoms in total. The van der Waals surface area contributed by atoms with Gasteiger partial charge in [-0.05, 0) is 12.1 Å². The van der Waals surface area contributed by atoms with Gasteiger partial charge in [-0.15, -0.1) is 0 Å². The summed E-state index contributed by atoms with van der Waals surface area (Å²) in [6.45, 7) is -3.05. The molecule has 0 heterocycles. The van der Waals surface area contributed by atoms with Gasteiger partial charge in [-0.1, -0.05) is 23.2 Å². The highest BCUT2D eigenvalue weighted by atomic mass is 35.5. The lowest BCUT2D eigenvalue weighted by Gasteiger charge is -2.11. The number of carbonyl (C=O) groups is 1. The van der Waals surface area contributed by atoms with Crippen LogP contribution in [0.1, 0.15) is 5.56 Å². The molecule has 0 aliphatic carbocycles. The minimum Gasteiger partial charge on any atom is -0.481 e. The third-order valence-electron chi connectivity index (χ3n) is 1.70. The Morgan fingerprint density at radius 3 is 2.56 bits per heavy atom. The third kappa shape index (κ3) is 3.21. The zero-order chi connectivity index (χ0) is 12.3. The Morgan fingerprint density at radius 1 is 1.44 bits per heavy atom. The topological polar surface area (TPSA) is 46.5 Å². The molecular weight excluding hydrogens is 265 g/mol. The summed E-state index contributed by atoms with van der Waals surface area (Å²) in [6, 6.07) is 2.41. The van der Waals surface area contributed by atoms with E-state index in [0.717, 1.165) is 6.07 Å². The first kappa shape index (κ1) is 13.0.